The van der Waals surface area contributed by atoms with Gasteiger partial charge in [-0.15, -0.1) is 10.2 Å². The Morgan fingerprint density at radius 2 is 2.16 bits per heavy atom. The summed E-state index contributed by atoms with van der Waals surface area (Å²) in [5.41, 5.74) is 1.08. The first-order valence-electron chi connectivity index (χ1n) is 6.93. The number of nitrogens with zero attached hydrogens (tertiary/aromatic N) is 2. The van der Waals surface area contributed by atoms with E-state index in [0.29, 0.717) is 6.04 Å². The minimum absolute atomic E-state index is 0.308. The van der Waals surface area contributed by atoms with E-state index < -0.39 is 0 Å². The second-order valence-corrected chi connectivity index (χ2v) is 5.48. The highest BCUT2D eigenvalue weighted by atomic mass is 32.1. The van der Waals surface area contributed by atoms with Gasteiger partial charge in [0.2, 0.25) is 0 Å². The molecule has 0 spiro atoms. The van der Waals surface area contributed by atoms with Crippen LogP contribution in [-0.2, 0) is 6.42 Å². The molecule has 5 heteroatoms. The lowest BCUT2D eigenvalue weighted by Gasteiger charge is -2.12. The third-order valence-corrected chi connectivity index (χ3v) is 4.15. The van der Waals surface area contributed by atoms with Gasteiger partial charge in [-0.1, -0.05) is 32.1 Å². The van der Waals surface area contributed by atoms with Crippen LogP contribution in [0.15, 0.2) is 16.7 Å². The van der Waals surface area contributed by atoms with E-state index in [-0.39, 0.29) is 0 Å². The van der Waals surface area contributed by atoms with Gasteiger partial charge in [-0.3, -0.25) is 0 Å². The lowest BCUT2D eigenvalue weighted by molar-refractivity contribution is 0.513. The van der Waals surface area contributed by atoms with Crippen LogP contribution in [0.2, 0.25) is 0 Å². The van der Waals surface area contributed by atoms with Crippen molar-refractivity contribution in [2.75, 3.05) is 6.54 Å². The highest BCUT2D eigenvalue weighted by Crippen LogP contribution is 2.31. The fraction of sp³-hybridized carbons (Fsp3) is 0.571. The van der Waals surface area contributed by atoms with Crippen LogP contribution in [0, 0.1) is 0 Å². The van der Waals surface area contributed by atoms with Crippen LogP contribution >= 0.6 is 11.3 Å². The molecule has 0 saturated heterocycles. The second-order valence-electron chi connectivity index (χ2n) is 4.47. The smallest absolute Gasteiger partial charge is 0.151 e. The monoisotopic (exact) mass is 279 g/mol. The van der Waals surface area contributed by atoms with Gasteiger partial charge in [-0.05, 0) is 25.5 Å². The molecule has 2 heterocycles. The topological polar surface area (TPSA) is 51.0 Å². The molecule has 0 amide bonds. The average molecular weight is 279 g/mol. The number of rotatable bonds is 7. The molecule has 0 aliphatic carbocycles. The molecule has 2 aromatic heterocycles. The molecule has 0 aliphatic rings. The summed E-state index contributed by atoms with van der Waals surface area (Å²) >= 11 is 1.66. The number of furan rings is 1. The summed E-state index contributed by atoms with van der Waals surface area (Å²) in [5.74, 6) is 0.984. The van der Waals surface area contributed by atoms with Crippen LogP contribution in [0.1, 0.15) is 50.4 Å². The Morgan fingerprint density at radius 3 is 2.84 bits per heavy atom. The fourth-order valence-corrected chi connectivity index (χ4v) is 3.06. The number of nitrogens with one attached hydrogen (secondary N) is 1. The SMILES string of the molecule is CCCNC(CC)c1nnc(-c2ccoc2CC)s1. The number of hydrogen-bond donors (Lipinski definition) is 1. The van der Waals surface area contributed by atoms with E-state index in [1.165, 1.54) is 0 Å². The molecule has 2 rings (SSSR count). The Labute approximate surface area is 118 Å². The van der Waals surface area contributed by atoms with Gasteiger partial charge in [0, 0.05) is 6.42 Å². The Bertz CT molecular complexity index is 506. The zero-order valence-electron chi connectivity index (χ0n) is 11.8. The molecule has 1 N–H and O–H groups in total. The zero-order valence-corrected chi connectivity index (χ0v) is 12.6. The first-order valence-corrected chi connectivity index (χ1v) is 7.75. The van der Waals surface area contributed by atoms with Gasteiger partial charge in [0.25, 0.3) is 0 Å². The minimum atomic E-state index is 0.308. The molecule has 0 radical (unpaired) electrons. The Hall–Kier alpha value is -1.20. The van der Waals surface area contributed by atoms with Crippen molar-refractivity contribution in [3.05, 3.63) is 23.1 Å². The number of hydrogen-bond acceptors (Lipinski definition) is 5. The van der Waals surface area contributed by atoms with Crippen LogP contribution < -0.4 is 5.32 Å². The summed E-state index contributed by atoms with van der Waals surface area (Å²) in [4.78, 5) is 0. The lowest BCUT2D eigenvalue weighted by Crippen LogP contribution is -2.21. The van der Waals surface area contributed by atoms with Gasteiger partial charge in [0.15, 0.2) is 5.01 Å². The highest BCUT2D eigenvalue weighted by Gasteiger charge is 2.17. The maximum absolute atomic E-state index is 5.45. The Balaban J connectivity index is 2.18. The van der Waals surface area contributed by atoms with E-state index >= 15 is 0 Å². The van der Waals surface area contributed by atoms with Crippen molar-refractivity contribution in [2.45, 2.75) is 46.1 Å². The van der Waals surface area contributed by atoms with Gasteiger partial charge < -0.3 is 9.73 Å². The molecule has 0 fully saturated rings. The van der Waals surface area contributed by atoms with Gasteiger partial charge in [-0.2, -0.15) is 0 Å². The maximum Gasteiger partial charge on any atom is 0.151 e. The van der Waals surface area contributed by atoms with E-state index in [4.69, 9.17) is 4.42 Å². The summed E-state index contributed by atoms with van der Waals surface area (Å²) in [6.45, 7) is 7.44. The van der Waals surface area contributed by atoms with Crippen molar-refractivity contribution in [3.8, 4) is 10.6 Å². The summed E-state index contributed by atoms with van der Waals surface area (Å²) in [6, 6.07) is 2.28. The van der Waals surface area contributed by atoms with Crippen LogP contribution in [0.5, 0.6) is 0 Å². The predicted octanol–water partition coefficient (Wildman–Crippen LogP) is 3.81. The van der Waals surface area contributed by atoms with E-state index in [2.05, 4.69) is 36.3 Å². The first kappa shape index (κ1) is 14.2. The summed E-state index contributed by atoms with van der Waals surface area (Å²) in [7, 11) is 0. The second kappa shape index (κ2) is 6.82. The molecule has 104 valence electrons. The molecular formula is C14H21N3OS. The summed E-state index contributed by atoms with van der Waals surface area (Å²) in [5, 5.41) is 14.2. The molecule has 2 aromatic rings. The maximum atomic E-state index is 5.45. The summed E-state index contributed by atoms with van der Waals surface area (Å²) < 4.78 is 5.45. The first-order chi connectivity index (χ1) is 9.30. The molecule has 19 heavy (non-hydrogen) atoms. The van der Waals surface area contributed by atoms with Gasteiger partial charge in [-0.25, -0.2) is 0 Å². The standard InChI is InChI=1S/C14H21N3OS/c1-4-8-15-11(5-2)14-17-16-13(19-14)10-7-9-18-12(10)6-3/h7,9,11,15H,4-6,8H2,1-3H3. The largest absolute Gasteiger partial charge is 0.469 e. The van der Waals surface area contributed by atoms with Crippen LogP contribution in [0.3, 0.4) is 0 Å². The predicted molar refractivity (Wildman–Crippen MR) is 78.3 cm³/mol. The van der Waals surface area contributed by atoms with Crippen LogP contribution in [-0.4, -0.2) is 16.7 Å². The van der Waals surface area contributed by atoms with Crippen molar-refractivity contribution in [1.82, 2.24) is 15.5 Å². The highest BCUT2D eigenvalue weighted by molar-refractivity contribution is 7.14. The van der Waals surface area contributed by atoms with Crippen molar-refractivity contribution < 1.29 is 4.42 Å². The van der Waals surface area contributed by atoms with Crippen molar-refractivity contribution in [1.29, 1.82) is 0 Å². The molecule has 4 nitrogen and oxygen atoms in total. The minimum Gasteiger partial charge on any atom is -0.469 e. The quantitative estimate of drug-likeness (QED) is 0.837. The van der Waals surface area contributed by atoms with Gasteiger partial charge in [0.1, 0.15) is 10.8 Å². The summed E-state index contributed by atoms with van der Waals surface area (Å²) in [6.07, 6.45) is 4.76. The van der Waals surface area contributed by atoms with Gasteiger partial charge >= 0.3 is 0 Å². The van der Waals surface area contributed by atoms with E-state index in [1.807, 2.05) is 6.07 Å². The zero-order chi connectivity index (χ0) is 13.7. The Morgan fingerprint density at radius 1 is 1.32 bits per heavy atom. The third-order valence-electron chi connectivity index (χ3n) is 3.08. The van der Waals surface area contributed by atoms with E-state index in [1.54, 1.807) is 17.6 Å². The van der Waals surface area contributed by atoms with Crippen LogP contribution in [0.25, 0.3) is 10.6 Å². The molecule has 0 saturated carbocycles. The van der Waals surface area contributed by atoms with E-state index in [0.717, 1.165) is 47.1 Å². The molecule has 0 aliphatic heterocycles. The van der Waals surface area contributed by atoms with Crippen molar-refractivity contribution >= 4 is 11.3 Å². The number of aromatic nitrogens is 2. The van der Waals surface area contributed by atoms with E-state index in [9.17, 15) is 0 Å². The lowest BCUT2D eigenvalue weighted by atomic mass is 10.2. The molecular weight excluding hydrogens is 258 g/mol. The molecule has 0 aromatic carbocycles. The molecule has 1 atom stereocenters. The molecule has 0 bridgehead atoms. The fourth-order valence-electron chi connectivity index (χ4n) is 2.01. The van der Waals surface area contributed by atoms with Crippen molar-refractivity contribution in [3.63, 3.8) is 0 Å². The van der Waals surface area contributed by atoms with Gasteiger partial charge in [0.05, 0.1) is 17.9 Å². The number of aryl methyl sites for hydroxylation is 1. The Kier molecular flexibility index (Phi) is 5.10. The van der Waals surface area contributed by atoms with Crippen LogP contribution in [0.4, 0.5) is 0 Å². The average Bonchev–Trinajstić information content (AvgIpc) is 3.07. The molecule has 1 unspecified atom stereocenters. The normalized spacial score (nSPS) is 12.8. The third kappa shape index (κ3) is 3.22. The van der Waals surface area contributed by atoms with Crippen molar-refractivity contribution in [2.24, 2.45) is 0 Å².